The summed E-state index contributed by atoms with van der Waals surface area (Å²) in [6.07, 6.45) is 8.83. The lowest BCUT2D eigenvalue weighted by Crippen LogP contribution is -2.55. The number of aliphatic imine (C=N–C) groups is 1. The Balaban J connectivity index is 0.000000530. The second-order valence-corrected chi connectivity index (χ2v) is 21.6. The van der Waals surface area contributed by atoms with Crippen LogP contribution in [0.2, 0.25) is 5.02 Å². The first-order valence-electron chi connectivity index (χ1n) is 23.8. The zero-order valence-electron chi connectivity index (χ0n) is 41.9. The van der Waals surface area contributed by atoms with Gasteiger partial charge in [0.1, 0.15) is 16.7 Å². The Bertz CT molecular complexity index is 2850. The molecule has 2 aliphatic rings. The molecule has 392 valence electrons. The predicted molar refractivity (Wildman–Crippen MR) is 289 cm³/mol. The van der Waals surface area contributed by atoms with Gasteiger partial charge in [-0.05, 0) is 106 Å². The smallest absolute Gasteiger partial charge is 0.341 e. The van der Waals surface area contributed by atoms with E-state index in [0.29, 0.717) is 91.4 Å². The fourth-order valence-electron chi connectivity index (χ4n) is 9.30. The summed E-state index contributed by atoms with van der Waals surface area (Å²) in [6.45, 7) is 10.7. The summed E-state index contributed by atoms with van der Waals surface area (Å²) >= 11 is 6.98. The number of thiophene rings is 1. The molecule has 0 radical (unpaired) electrons. The van der Waals surface area contributed by atoms with Crippen LogP contribution in [0.15, 0.2) is 77.9 Å². The van der Waals surface area contributed by atoms with Crippen molar-refractivity contribution in [2.24, 2.45) is 4.99 Å². The lowest BCUT2D eigenvalue weighted by atomic mass is 9.86. The molecule has 3 unspecified atom stereocenters. The van der Waals surface area contributed by atoms with Crippen LogP contribution in [-0.2, 0) is 35.0 Å². The Morgan fingerprint density at radius 2 is 1.79 bits per heavy atom. The second kappa shape index (κ2) is 27.0. The van der Waals surface area contributed by atoms with Gasteiger partial charge in [0.2, 0.25) is 28.8 Å². The summed E-state index contributed by atoms with van der Waals surface area (Å²) < 4.78 is 34.5. The first-order chi connectivity index (χ1) is 35.0. The molecule has 6 N–H and O–H groups in total. The summed E-state index contributed by atoms with van der Waals surface area (Å²) in [5.41, 5.74) is 5.00. The topological polar surface area (TPSA) is 249 Å². The predicted octanol–water partition coefficient (Wildman–Crippen LogP) is 8.16. The highest BCUT2D eigenvalue weighted by Gasteiger charge is 2.42. The number of anilines is 4. The van der Waals surface area contributed by atoms with E-state index < -0.39 is 40.1 Å². The standard InChI is InChI=1S/C43H54N8O5S.C8H7ClO4S.CH4O/c1-5-10-40(42(54)48-28-52)50(29-53)39-16-15-35(36-14-9-11-30(2)41(36)39)31-17-20-44-27-47-38-25-46-34(23-37(38)45-21-18-31)26-57(55,56)51-22-19-33(24-43(51,3)4)49-32-12-7-6-8-13-32;1-4-7(9)8(5(2-10)14-4)13-3-6(11)12;1-2/h6-9,11-16,23,25,27-29,31,33,40,45,49H,5,10,17-22,24,26H2,1-4H3,(H,44,47)(H,48,52,54);2H,3H2,1H3,(H,11,12);2H,1H3. The number of aryl methyl sites for hydroxylation is 2. The van der Waals surface area contributed by atoms with Crippen LogP contribution in [0.25, 0.3) is 10.8 Å². The molecular weight excluding hydrogens is 996 g/mol. The molecule has 2 aliphatic heterocycles. The van der Waals surface area contributed by atoms with Crippen molar-refractivity contribution < 1.29 is 47.3 Å². The molecule has 4 heterocycles. The maximum absolute atomic E-state index is 14.0. The third-order valence-electron chi connectivity index (χ3n) is 12.5. The molecule has 3 atom stereocenters. The number of hydrogen-bond acceptors (Lipinski definition) is 15. The number of benzene rings is 3. The molecule has 1 saturated heterocycles. The van der Waals surface area contributed by atoms with Crippen molar-refractivity contribution in [1.29, 1.82) is 0 Å². The number of halogens is 1. The number of nitrogens with one attached hydrogen (secondary N) is 4. The fraction of sp³-hybridized carbons (Fsp3) is 0.404. The van der Waals surface area contributed by atoms with Gasteiger partial charge in [-0.2, -0.15) is 4.31 Å². The zero-order chi connectivity index (χ0) is 53.3. The van der Waals surface area contributed by atoms with Crippen LogP contribution in [0.5, 0.6) is 5.75 Å². The number of aromatic nitrogens is 1. The van der Waals surface area contributed by atoms with Crippen LogP contribution >= 0.6 is 22.9 Å². The minimum atomic E-state index is -3.69. The Hall–Kier alpha value is -6.45. The maximum Gasteiger partial charge on any atom is 0.341 e. The third kappa shape index (κ3) is 14.8. The summed E-state index contributed by atoms with van der Waals surface area (Å²) in [5.74, 6) is -1.62. The van der Waals surface area contributed by atoms with E-state index in [-0.39, 0.29) is 23.5 Å². The molecule has 2 aromatic heterocycles. The van der Waals surface area contributed by atoms with Crippen molar-refractivity contribution in [1.82, 2.24) is 14.6 Å². The molecule has 3 amide bonds. The van der Waals surface area contributed by atoms with E-state index in [4.69, 9.17) is 26.6 Å². The van der Waals surface area contributed by atoms with Crippen LogP contribution < -0.4 is 30.9 Å². The van der Waals surface area contributed by atoms with Gasteiger partial charge in [0.25, 0.3) is 0 Å². The molecule has 0 saturated carbocycles. The quantitative estimate of drug-likeness (QED) is 0.0481. The van der Waals surface area contributed by atoms with Gasteiger partial charge in [0.05, 0.1) is 40.3 Å². The number of sulfonamides is 1. The summed E-state index contributed by atoms with van der Waals surface area (Å²) in [7, 11) is -2.69. The molecule has 5 aromatic rings. The number of aliphatic hydroxyl groups is 1. The molecule has 0 spiro atoms. The van der Waals surface area contributed by atoms with Crippen LogP contribution in [-0.4, -0.2) is 116 Å². The number of amides is 3. The van der Waals surface area contributed by atoms with Gasteiger partial charge in [-0.15, -0.1) is 11.3 Å². The summed E-state index contributed by atoms with van der Waals surface area (Å²) in [4.78, 5) is 69.2. The lowest BCUT2D eigenvalue weighted by Gasteiger charge is -2.44. The number of aliphatic carboxylic acids is 1. The number of carbonyl (C=O) groups is 5. The highest BCUT2D eigenvalue weighted by molar-refractivity contribution is 7.88. The number of aliphatic hydroxyl groups excluding tert-OH is 1. The largest absolute Gasteiger partial charge is 0.479 e. The zero-order valence-corrected chi connectivity index (χ0v) is 44.3. The number of rotatable bonds is 17. The van der Waals surface area contributed by atoms with E-state index in [1.165, 1.54) is 16.2 Å². The molecule has 7 rings (SSSR count). The SMILES string of the molecule is CCCC(C(=O)NC=O)N(C=O)c1ccc(C2CCN=CNc3cnc(CS(=O)(=O)N4CCC(Nc5ccccc5)CC4(C)C)cc3NCC2)c2cccc(C)c12.CO.Cc1sc(C=O)c(OCC(=O)O)c1Cl. The number of aldehydes is 1. The van der Waals surface area contributed by atoms with Crippen LogP contribution in [0.4, 0.5) is 22.7 Å². The molecular formula is C52H65ClN8O10S2. The van der Waals surface area contributed by atoms with Crippen LogP contribution in [0.1, 0.15) is 96.6 Å². The number of ether oxygens (including phenoxy) is 1. The number of carboxylic acid groups (broad SMARTS) is 1. The number of hydrogen-bond donors (Lipinski definition) is 6. The third-order valence-corrected chi connectivity index (χ3v) is 16.1. The monoisotopic (exact) mass is 1060 g/mol. The number of pyridine rings is 1. The number of piperidine rings is 1. The van der Waals surface area contributed by atoms with E-state index in [0.717, 1.165) is 58.1 Å². The molecule has 0 bridgehead atoms. The number of carboxylic acids is 1. The lowest BCUT2D eigenvalue weighted by molar-refractivity contribution is -0.139. The van der Waals surface area contributed by atoms with Gasteiger partial charge >= 0.3 is 5.97 Å². The summed E-state index contributed by atoms with van der Waals surface area (Å²) in [6, 6.07) is 21.1. The first-order valence-corrected chi connectivity index (χ1v) is 26.6. The van der Waals surface area contributed by atoms with Crippen molar-refractivity contribution in [2.75, 3.05) is 54.2 Å². The van der Waals surface area contributed by atoms with Crippen molar-refractivity contribution >= 4 is 104 Å². The number of fused-ring (bicyclic) bond motifs is 2. The van der Waals surface area contributed by atoms with Gasteiger partial charge in [0.15, 0.2) is 18.6 Å². The average molecular weight is 1060 g/mol. The molecule has 3 aromatic carbocycles. The Labute approximate surface area is 435 Å². The number of para-hydroxylation sites is 1. The highest BCUT2D eigenvalue weighted by Crippen LogP contribution is 2.40. The molecule has 0 aliphatic carbocycles. The van der Waals surface area contributed by atoms with Gasteiger partial charge < -0.3 is 35.8 Å². The van der Waals surface area contributed by atoms with Gasteiger partial charge in [-0.3, -0.25) is 34.5 Å². The number of carbonyl (C=O) groups excluding carboxylic acids is 4. The average Bonchev–Trinajstić information content (AvgIpc) is 3.62. The number of imide groups is 1. The van der Waals surface area contributed by atoms with E-state index in [1.807, 2.05) is 94.4 Å². The highest BCUT2D eigenvalue weighted by atomic mass is 35.5. The van der Waals surface area contributed by atoms with Crippen molar-refractivity contribution in [3.05, 3.63) is 105 Å². The van der Waals surface area contributed by atoms with Crippen molar-refractivity contribution in [3.63, 3.8) is 0 Å². The fourth-order valence-corrected chi connectivity index (χ4v) is 12.3. The molecule has 18 nitrogen and oxygen atoms in total. The molecule has 73 heavy (non-hydrogen) atoms. The number of nitrogens with zero attached hydrogens (tertiary/aromatic N) is 4. The maximum atomic E-state index is 14.0. The minimum Gasteiger partial charge on any atom is -0.479 e. The minimum absolute atomic E-state index is 0.0762. The van der Waals surface area contributed by atoms with E-state index in [1.54, 1.807) is 23.8 Å². The molecule has 21 heteroatoms. The molecule has 1 fully saturated rings. The van der Waals surface area contributed by atoms with Crippen molar-refractivity contribution in [3.8, 4) is 5.75 Å². The Morgan fingerprint density at radius 1 is 1.04 bits per heavy atom. The van der Waals surface area contributed by atoms with E-state index in [9.17, 15) is 32.4 Å². The Kier molecular flexibility index (Phi) is 21.3. The van der Waals surface area contributed by atoms with Gasteiger partial charge in [-0.1, -0.05) is 67.4 Å². The van der Waals surface area contributed by atoms with Crippen molar-refractivity contribution in [2.45, 2.75) is 102 Å². The normalized spacial score (nSPS) is 16.9. The van der Waals surface area contributed by atoms with E-state index in [2.05, 4.69) is 31.2 Å². The van der Waals surface area contributed by atoms with Gasteiger partial charge in [-0.25, -0.2) is 13.2 Å². The second-order valence-electron chi connectivity index (χ2n) is 18.0. The first kappa shape index (κ1) is 57.5. The summed E-state index contributed by atoms with van der Waals surface area (Å²) in [5, 5.41) is 30.1. The van der Waals surface area contributed by atoms with Crippen LogP contribution in [0.3, 0.4) is 0 Å². The van der Waals surface area contributed by atoms with E-state index >= 15 is 0 Å². The van der Waals surface area contributed by atoms with Crippen LogP contribution in [0, 0.1) is 13.8 Å². The van der Waals surface area contributed by atoms with Gasteiger partial charge in [0, 0.05) is 54.3 Å². The Morgan fingerprint density at radius 3 is 2.47 bits per heavy atom.